The molecule has 0 saturated carbocycles. The maximum atomic E-state index is 11.7. The number of hydrogen-bond acceptors (Lipinski definition) is 3. The van der Waals surface area contributed by atoms with Gasteiger partial charge in [0.1, 0.15) is 11.9 Å². The molecular formula is C13H20ClNO3Si. The smallest absolute Gasteiger partial charge is 0.253 e. The van der Waals surface area contributed by atoms with Crippen molar-refractivity contribution in [2.24, 2.45) is 0 Å². The van der Waals surface area contributed by atoms with Crippen LogP contribution >= 0.6 is 11.6 Å². The van der Waals surface area contributed by atoms with Gasteiger partial charge in [-0.25, -0.2) is 0 Å². The summed E-state index contributed by atoms with van der Waals surface area (Å²) in [5, 5.41) is 0.146. The molecule has 0 atom stereocenters. The second-order valence-electron chi connectivity index (χ2n) is 5.71. The fourth-order valence-electron chi connectivity index (χ4n) is 1.47. The second kappa shape index (κ2) is 6.50. The summed E-state index contributed by atoms with van der Waals surface area (Å²) < 4.78 is 6.77. The Labute approximate surface area is 119 Å². The zero-order valence-electron chi connectivity index (χ0n) is 11.8. The average molecular weight is 302 g/mol. The molecule has 0 fully saturated rings. The van der Waals surface area contributed by atoms with E-state index in [0.717, 1.165) is 6.04 Å². The van der Waals surface area contributed by atoms with Gasteiger partial charge in [-0.2, -0.15) is 0 Å². The molecule has 0 N–H and O–H groups in total. The molecule has 1 heterocycles. The molecule has 0 aliphatic carbocycles. The molecule has 1 rings (SSSR count). The van der Waals surface area contributed by atoms with Gasteiger partial charge in [0.25, 0.3) is 5.56 Å². The first-order valence-electron chi connectivity index (χ1n) is 6.20. The number of nitrogens with zero attached hydrogens (tertiary/aromatic N) is 1. The summed E-state index contributed by atoms with van der Waals surface area (Å²) in [6.07, 6.45) is 0. The van der Waals surface area contributed by atoms with E-state index in [1.54, 1.807) is 0 Å². The van der Waals surface area contributed by atoms with Crippen LogP contribution in [0.5, 0.6) is 0 Å². The van der Waals surface area contributed by atoms with Crippen molar-refractivity contribution in [3.05, 3.63) is 33.2 Å². The van der Waals surface area contributed by atoms with Crippen LogP contribution in [0.2, 0.25) is 30.8 Å². The van der Waals surface area contributed by atoms with E-state index in [0.29, 0.717) is 12.2 Å². The number of pyridine rings is 1. The predicted molar refractivity (Wildman–Crippen MR) is 79.8 cm³/mol. The zero-order valence-corrected chi connectivity index (χ0v) is 13.6. The van der Waals surface area contributed by atoms with Crippen molar-refractivity contribution in [1.82, 2.24) is 4.57 Å². The van der Waals surface area contributed by atoms with Gasteiger partial charge in [-0.15, -0.1) is 0 Å². The van der Waals surface area contributed by atoms with Crippen LogP contribution in [0.25, 0.3) is 0 Å². The highest BCUT2D eigenvalue weighted by Crippen LogP contribution is 2.14. The Morgan fingerprint density at radius 1 is 1.37 bits per heavy atom. The fraction of sp³-hybridized carbons (Fsp3) is 0.538. The summed E-state index contributed by atoms with van der Waals surface area (Å²) >= 11 is 6.05. The summed E-state index contributed by atoms with van der Waals surface area (Å²) in [4.78, 5) is 23.1. The van der Waals surface area contributed by atoms with Crippen LogP contribution in [0.3, 0.4) is 0 Å². The molecule has 0 radical (unpaired) electrons. The Kier molecular flexibility index (Phi) is 5.52. The van der Waals surface area contributed by atoms with Gasteiger partial charge in [0.2, 0.25) is 0 Å². The second-order valence-corrected chi connectivity index (χ2v) is 11.7. The van der Waals surface area contributed by atoms with Crippen molar-refractivity contribution < 1.29 is 9.53 Å². The minimum absolute atomic E-state index is 0.0866. The molecule has 0 aliphatic heterocycles. The molecule has 1 aromatic rings. The first kappa shape index (κ1) is 16.1. The van der Waals surface area contributed by atoms with Crippen LogP contribution in [0.4, 0.5) is 0 Å². The number of aromatic nitrogens is 1. The molecule has 19 heavy (non-hydrogen) atoms. The highest BCUT2D eigenvalue weighted by molar-refractivity contribution is 6.76. The van der Waals surface area contributed by atoms with E-state index in [-0.39, 0.29) is 23.2 Å². The Bertz CT molecular complexity index is 520. The van der Waals surface area contributed by atoms with E-state index in [1.165, 1.54) is 23.6 Å². The number of halogens is 1. The van der Waals surface area contributed by atoms with Crippen LogP contribution in [-0.2, 0) is 11.5 Å². The lowest BCUT2D eigenvalue weighted by atomic mass is 10.2. The lowest BCUT2D eigenvalue weighted by Crippen LogP contribution is -2.25. The maximum Gasteiger partial charge on any atom is 0.253 e. The number of ether oxygens (including phenoxy) is 1. The summed E-state index contributed by atoms with van der Waals surface area (Å²) in [6, 6.07) is 3.81. The highest BCUT2D eigenvalue weighted by Gasteiger charge is 2.14. The van der Waals surface area contributed by atoms with Crippen molar-refractivity contribution in [2.45, 2.75) is 39.3 Å². The van der Waals surface area contributed by atoms with Crippen molar-refractivity contribution in [3.63, 3.8) is 0 Å². The van der Waals surface area contributed by atoms with Crippen LogP contribution in [0, 0.1) is 0 Å². The molecule has 1 aromatic heterocycles. The summed E-state index contributed by atoms with van der Waals surface area (Å²) in [5.41, 5.74) is 0.0815. The van der Waals surface area contributed by atoms with Gasteiger partial charge in [0.05, 0.1) is 5.56 Å². The molecule has 0 aromatic carbocycles. The minimum Gasteiger partial charge on any atom is -0.361 e. The molecule has 4 nitrogen and oxygen atoms in total. The Hall–Kier alpha value is -0.913. The van der Waals surface area contributed by atoms with Gasteiger partial charge < -0.3 is 4.74 Å². The monoisotopic (exact) mass is 301 g/mol. The van der Waals surface area contributed by atoms with Crippen molar-refractivity contribution >= 4 is 25.5 Å². The van der Waals surface area contributed by atoms with Crippen LogP contribution in [0.1, 0.15) is 17.3 Å². The molecule has 0 unspecified atom stereocenters. The zero-order chi connectivity index (χ0) is 14.6. The molecule has 0 amide bonds. The third kappa shape index (κ3) is 4.93. The largest absolute Gasteiger partial charge is 0.361 e. The lowest BCUT2D eigenvalue weighted by molar-refractivity contribution is 0.0844. The van der Waals surface area contributed by atoms with Crippen molar-refractivity contribution in [3.8, 4) is 0 Å². The molecule has 0 aliphatic rings. The van der Waals surface area contributed by atoms with Gasteiger partial charge in [0.15, 0.2) is 5.78 Å². The summed E-state index contributed by atoms with van der Waals surface area (Å²) in [7, 11) is -1.15. The van der Waals surface area contributed by atoms with E-state index in [1.807, 2.05) is 0 Å². The van der Waals surface area contributed by atoms with Crippen molar-refractivity contribution in [1.29, 1.82) is 0 Å². The topological polar surface area (TPSA) is 48.3 Å². The predicted octanol–water partition coefficient (Wildman–Crippen LogP) is 3.02. The Morgan fingerprint density at radius 2 is 2.00 bits per heavy atom. The van der Waals surface area contributed by atoms with E-state index >= 15 is 0 Å². The highest BCUT2D eigenvalue weighted by atomic mass is 35.5. The van der Waals surface area contributed by atoms with E-state index < -0.39 is 8.07 Å². The maximum absolute atomic E-state index is 11.7. The first-order valence-corrected chi connectivity index (χ1v) is 10.3. The number of Topliss-reactive ketones (excluding diaryl/α,β-unsaturated/α-hetero) is 1. The van der Waals surface area contributed by atoms with E-state index in [9.17, 15) is 9.59 Å². The van der Waals surface area contributed by atoms with E-state index in [2.05, 4.69) is 19.6 Å². The molecule has 0 spiro atoms. The number of carbonyl (C=O) groups excluding carboxylic acids is 1. The molecule has 106 valence electrons. The molecular weight excluding hydrogens is 282 g/mol. The van der Waals surface area contributed by atoms with Crippen LogP contribution in [-0.4, -0.2) is 25.0 Å². The fourth-order valence-corrected chi connectivity index (χ4v) is 2.56. The van der Waals surface area contributed by atoms with Gasteiger partial charge >= 0.3 is 0 Å². The number of rotatable bonds is 6. The van der Waals surface area contributed by atoms with Gasteiger partial charge in [-0.3, -0.25) is 14.2 Å². The molecule has 6 heteroatoms. The molecule has 0 bridgehead atoms. The third-order valence-electron chi connectivity index (χ3n) is 2.71. The van der Waals surface area contributed by atoms with Gasteiger partial charge in [-0.1, -0.05) is 31.2 Å². The van der Waals surface area contributed by atoms with E-state index in [4.69, 9.17) is 16.3 Å². The molecule has 0 saturated heterocycles. The summed E-state index contributed by atoms with van der Waals surface area (Å²) in [6.45, 7) is 8.87. The number of ketones is 1. The Morgan fingerprint density at radius 3 is 2.53 bits per heavy atom. The SMILES string of the molecule is CC(=O)c1ccc(=O)n(COCC[Si](C)(C)C)c1Cl. The lowest BCUT2D eigenvalue weighted by Gasteiger charge is -2.16. The van der Waals surface area contributed by atoms with Gasteiger partial charge in [0, 0.05) is 20.7 Å². The Balaban J connectivity index is 2.76. The number of carbonyl (C=O) groups is 1. The standard InChI is InChI=1S/C13H20ClNO3Si/c1-10(16)11-5-6-12(17)15(13(11)14)9-18-7-8-19(2,3)4/h5-6H,7-9H2,1-4H3. The minimum atomic E-state index is -1.15. The summed E-state index contributed by atoms with van der Waals surface area (Å²) in [5.74, 6) is -0.166. The quantitative estimate of drug-likeness (QED) is 0.351. The first-order chi connectivity index (χ1) is 8.72. The normalized spacial score (nSPS) is 11.6. The third-order valence-corrected chi connectivity index (χ3v) is 4.83. The van der Waals surface area contributed by atoms with Crippen LogP contribution < -0.4 is 5.56 Å². The van der Waals surface area contributed by atoms with Crippen LogP contribution in [0.15, 0.2) is 16.9 Å². The number of hydrogen-bond donors (Lipinski definition) is 0. The van der Waals surface area contributed by atoms with Crippen molar-refractivity contribution in [2.75, 3.05) is 6.61 Å². The average Bonchev–Trinajstić information content (AvgIpc) is 2.25. The van der Waals surface area contributed by atoms with Gasteiger partial charge in [-0.05, 0) is 19.0 Å².